The van der Waals surface area contributed by atoms with Crippen LogP contribution in [-0.4, -0.2) is 55.2 Å². The van der Waals surface area contributed by atoms with Crippen LogP contribution in [0.3, 0.4) is 0 Å². The highest BCUT2D eigenvalue weighted by molar-refractivity contribution is 7.89. The van der Waals surface area contributed by atoms with Crippen LogP contribution in [0, 0.1) is 5.92 Å². The predicted octanol–water partition coefficient (Wildman–Crippen LogP) is 2.83. The number of rotatable bonds is 7. The largest absolute Gasteiger partial charge is 0.317 e. The summed E-state index contributed by atoms with van der Waals surface area (Å²) in [4.78, 5) is 0.0996. The number of hydrogen-bond donors (Lipinski definition) is 4. The second-order valence-electron chi connectivity index (χ2n) is 8.97. The van der Waals surface area contributed by atoms with Crippen LogP contribution < -0.4 is 15.8 Å². The van der Waals surface area contributed by atoms with Gasteiger partial charge in [-0.3, -0.25) is 0 Å². The molecule has 9 nitrogen and oxygen atoms in total. The van der Waals surface area contributed by atoms with Crippen LogP contribution in [0.2, 0.25) is 0 Å². The Balaban J connectivity index is 0.00000141. The zero-order valence-corrected chi connectivity index (χ0v) is 21.2. The van der Waals surface area contributed by atoms with Gasteiger partial charge >= 0.3 is 0 Å². The molecule has 0 amide bonds. The average Bonchev–Trinajstić information content (AvgIpc) is 3.38. The summed E-state index contributed by atoms with van der Waals surface area (Å²) in [6.07, 6.45) is 3.75. The van der Waals surface area contributed by atoms with Gasteiger partial charge in [0.05, 0.1) is 10.5 Å². The molecule has 0 atom stereocenters. The molecule has 5 rings (SSSR count). The monoisotopic (exact) mass is 497 g/mol. The normalized spacial score (nSPS) is 16.9. The Morgan fingerprint density at radius 2 is 1.71 bits per heavy atom. The Kier molecular flexibility index (Phi) is 8.27. The Morgan fingerprint density at radius 3 is 2.29 bits per heavy atom. The van der Waals surface area contributed by atoms with E-state index >= 15 is 0 Å². The topological polar surface area (TPSA) is 139 Å². The summed E-state index contributed by atoms with van der Waals surface area (Å²) in [6.45, 7) is 7.98. The van der Waals surface area contributed by atoms with Crippen molar-refractivity contribution in [1.29, 1.82) is 0 Å². The Labute approximate surface area is 207 Å². The fourth-order valence-corrected chi connectivity index (χ4v) is 5.89. The molecule has 1 aromatic heterocycles. The third-order valence-electron chi connectivity index (χ3n) is 6.85. The van der Waals surface area contributed by atoms with E-state index in [4.69, 9.17) is 5.14 Å². The third kappa shape index (κ3) is 5.78. The van der Waals surface area contributed by atoms with Gasteiger partial charge in [0.15, 0.2) is 0 Å². The van der Waals surface area contributed by atoms with E-state index in [0.717, 1.165) is 56.6 Å². The van der Waals surface area contributed by atoms with Crippen LogP contribution >= 0.6 is 0 Å². The highest BCUT2D eigenvalue weighted by atomic mass is 32.2. The molecule has 35 heavy (non-hydrogen) atoms. The highest BCUT2D eigenvalue weighted by Gasteiger charge is 2.27. The van der Waals surface area contributed by atoms with Gasteiger partial charge in [-0.1, -0.05) is 50.2 Å². The number of nitrogens with one attached hydrogen (secondary N) is 3. The van der Waals surface area contributed by atoms with E-state index in [1.54, 1.807) is 0 Å². The number of piperidine rings is 1. The number of nitrogens with two attached hydrogens (primary N) is 1. The van der Waals surface area contributed by atoms with Crippen molar-refractivity contribution >= 4 is 10.0 Å². The first-order chi connectivity index (χ1) is 17.0. The molecule has 3 aromatic rings. The highest BCUT2D eigenvalue weighted by Crippen LogP contribution is 2.38. The van der Waals surface area contributed by atoms with Crippen molar-refractivity contribution < 1.29 is 8.42 Å². The maximum absolute atomic E-state index is 12.9. The van der Waals surface area contributed by atoms with Crippen LogP contribution in [0.4, 0.5) is 0 Å². The summed E-state index contributed by atoms with van der Waals surface area (Å²) in [6, 6.07) is 12.1. The van der Waals surface area contributed by atoms with Crippen LogP contribution in [-0.2, 0) is 16.4 Å². The van der Waals surface area contributed by atoms with E-state index in [2.05, 4.69) is 43.4 Å². The fraction of sp³-hybridized carbons (Fsp3) is 0.480. The lowest BCUT2D eigenvalue weighted by atomic mass is 9.88. The summed E-state index contributed by atoms with van der Waals surface area (Å²) in [5, 5.41) is 26.8. The quantitative estimate of drug-likeness (QED) is 0.394. The minimum Gasteiger partial charge on any atom is -0.317 e. The van der Waals surface area contributed by atoms with Gasteiger partial charge in [0, 0.05) is 19.0 Å². The Morgan fingerprint density at radius 1 is 1.00 bits per heavy atom. The molecule has 0 spiro atoms. The molecule has 0 aliphatic carbocycles. The number of primary sulfonamides is 1. The molecule has 3 heterocycles. The van der Waals surface area contributed by atoms with Gasteiger partial charge in [-0.25, -0.2) is 13.6 Å². The van der Waals surface area contributed by atoms with Crippen molar-refractivity contribution in [3.63, 3.8) is 0 Å². The van der Waals surface area contributed by atoms with Crippen LogP contribution in [0.15, 0.2) is 41.3 Å². The van der Waals surface area contributed by atoms with Gasteiger partial charge in [0.25, 0.3) is 0 Å². The molecule has 0 unspecified atom stereocenters. The van der Waals surface area contributed by atoms with Gasteiger partial charge in [-0.2, -0.15) is 5.21 Å². The van der Waals surface area contributed by atoms with Crippen LogP contribution in [0.5, 0.6) is 0 Å². The summed E-state index contributed by atoms with van der Waals surface area (Å²) in [5.74, 6) is 1.32. The van der Waals surface area contributed by atoms with Gasteiger partial charge < -0.3 is 10.6 Å². The summed E-state index contributed by atoms with van der Waals surface area (Å²) < 4.78 is 25.7. The number of nitrogens with zero attached hydrogens (tertiary/aromatic N) is 3. The molecule has 2 aliphatic rings. The molecule has 10 heteroatoms. The van der Waals surface area contributed by atoms with Gasteiger partial charge in [0.1, 0.15) is 0 Å². The zero-order chi connectivity index (χ0) is 24.8. The van der Waals surface area contributed by atoms with E-state index in [0.29, 0.717) is 29.4 Å². The van der Waals surface area contributed by atoms with Crippen molar-refractivity contribution in [2.75, 3.05) is 26.2 Å². The molecular formula is C25H35N7O2S. The van der Waals surface area contributed by atoms with Gasteiger partial charge in [-0.05, 0) is 72.2 Å². The zero-order valence-electron chi connectivity index (χ0n) is 20.4. The molecule has 2 fully saturated rings. The number of sulfonamides is 1. The minimum absolute atomic E-state index is 0.0996. The number of tetrazole rings is 1. The summed E-state index contributed by atoms with van der Waals surface area (Å²) in [5.41, 5.74) is 4.00. The Hall–Kier alpha value is -2.66. The van der Waals surface area contributed by atoms with E-state index < -0.39 is 10.0 Å². The molecule has 0 radical (unpaired) electrons. The number of hydrogen-bond acceptors (Lipinski definition) is 7. The molecule has 2 aliphatic heterocycles. The molecule has 2 aromatic carbocycles. The van der Waals surface area contributed by atoms with Crippen LogP contribution in [0.25, 0.3) is 22.5 Å². The van der Waals surface area contributed by atoms with Crippen molar-refractivity contribution in [3.8, 4) is 22.5 Å². The van der Waals surface area contributed by atoms with E-state index in [1.807, 2.05) is 38.1 Å². The first-order valence-corrected chi connectivity index (χ1v) is 14.0. The average molecular weight is 498 g/mol. The Bertz CT molecular complexity index is 1200. The van der Waals surface area contributed by atoms with Crippen LogP contribution in [0.1, 0.15) is 50.2 Å². The fourth-order valence-electron chi connectivity index (χ4n) is 4.87. The number of H-pyrrole nitrogens is 1. The second-order valence-corrected chi connectivity index (χ2v) is 10.5. The number of benzene rings is 2. The molecular weight excluding hydrogens is 462 g/mol. The van der Waals surface area contributed by atoms with Crippen molar-refractivity contribution in [3.05, 3.63) is 47.5 Å². The first-order valence-electron chi connectivity index (χ1n) is 12.4. The predicted molar refractivity (Wildman–Crippen MR) is 137 cm³/mol. The minimum atomic E-state index is -4.03. The van der Waals surface area contributed by atoms with E-state index in [1.165, 1.54) is 5.56 Å². The molecule has 0 saturated carbocycles. The third-order valence-corrected chi connectivity index (χ3v) is 7.88. The lowest BCUT2D eigenvalue weighted by Gasteiger charge is -2.27. The lowest BCUT2D eigenvalue weighted by molar-refractivity contribution is 0.354. The standard InChI is InChI=1S/C23H29N7O2S.C2H6/c24-33(31,32)22-18(2-1-15-9-11-25-12-10-15)7-8-20(21(22)23-27-29-30-28-23)17-5-3-16(4-6-17)19-13-26-14-19;1-2/h3-8,15,19,25-26H,1-2,9-14H2,(H2,24,31,32)(H,27,28,29,30);1-2H3. The number of aromatic nitrogens is 4. The van der Waals surface area contributed by atoms with Crippen molar-refractivity contribution in [1.82, 2.24) is 31.3 Å². The maximum Gasteiger partial charge on any atom is 0.239 e. The molecule has 0 bridgehead atoms. The lowest BCUT2D eigenvalue weighted by Crippen LogP contribution is -2.39. The molecule has 188 valence electrons. The first kappa shape index (κ1) is 25.4. The summed E-state index contributed by atoms with van der Waals surface area (Å²) in [7, 11) is -4.03. The van der Waals surface area contributed by atoms with Gasteiger partial charge in [-0.15, -0.1) is 10.2 Å². The van der Waals surface area contributed by atoms with Crippen molar-refractivity contribution in [2.45, 2.75) is 50.3 Å². The SMILES string of the molecule is CC.NS(=O)(=O)c1c(CCC2CCNCC2)ccc(-c2ccc(C3CNC3)cc2)c1-c1nn[nH]n1. The number of aryl methyl sites for hydroxylation is 1. The molecule has 5 N–H and O–H groups in total. The van der Waals surface area contributed by atoms with E-state index in [-0.39, 0.29) is 10.7 Å². The van der Waals surface area contributed by atoms with E-state index in [9.17, 15) is 8.42 Å². The van der Waals surface area contributed by atoms with Gasteiger partial charge in [0.2, 0.25) is 15.8 Å². The number of aromatic amines is 1. The second kappa shape index (κ2) is 11.4. The maximum atomic E-state index is 12.9. The smallest absolute Gasteiger partial charge is 0.239 e. The van der Waals surface area contributed by atoms with Crippen molar-refractivity contribution in [2.24, 2.45) is 11.1 Å². The summed E-state index contributed by atoms with van der Waals surface area (Å²) >= 11 is 0. The molecule has 2 saturated heterocycles.